The first-order valence-electron chi connectivity index (χ1n) is 9.13. The molecular formula is C22H21N3O5. The van der Waals surface area contributed by atoms with Crippen LogP contribution < -0.4 is 24.3 Å². The number of rotatable bonds is 7. The number of anilines is 2. The summed E-state index contributed by atoms with van der Waals surface area (Å²) in [4.78, 5) is 8.82. The van der Waals surface area contributed by atoms with Gasteiger partial charge in [-0.15, -0.1) is 0 Å². The highest BCUT2D eigenvalue weighted by Gasteiger charge is 2.16. The fourth-order valence-electron chi connectivity index (χ4n) is 3.17. The zero-order chi connectivity index (χ0) is 21.1. The second kappa shape index (κ2) is 8.20. The summed E-state index contributed by atoms with van der Waals surface area (Å²) in [5.41, 5.74) is 3.84. The molecule has 0 aliphatic heterocycles. The molecule has 0 aliphatic rings. The Morgan fingerprint density at radius 2 is 1.63 bits per heavy atom. The molecule has 0 bridgehead atoms. The standard InChI is InChI=1S/C22H21N3O5/c1-26-17-10-14(11-18(27-2)21(17)29-4)24-22-25-16-7-5-6-15(20(16)30-22)13-8-9-19(28-3)23-12-13/h5-12H,1-4H3,(H,24,25). The lowest BCUT2D eigenvalue weighted by molar-refractivity contribution is 0.324. The summed E-state index contributed by atoms with van der Waals surface area (Å²) < 4.78 is 27.3. The average molecular weight is 407 g/mol. The highest BCUT2D eigenvalue weighted by molar-refractivity contribution is 5.91. The number of methoxy groups -OCH3 is 4. The van der Waals surface area contributed by atoms with Crippen LogP contribution in [0.3, 0.4) is 0 Å². The lowest BCUT2D eigenvalue weighted by atomic mass is 10.1. The molecule has 0 radical (unpaired) electrons. The summed E-state index contributed by atoms with van der Waals surface area (Å²) >= 11 is 0. The number of nitrogens with one attached hydrogen (secondary N) is 1. The number of aromatic nitrogens is 2. The van der Waals surface area contributed by atoms with Crippen LogP contribution in [-0.4, -0.2) is 38.4 Å². The van der Waals surface area contributed by atoms with Gasteiger partial charge >= 0.3 is 0 Å². The molecule has 0 saturated carbocycles. The second-order valence-electron chi connectivity index (χ2n) is 6.30. The Morgan fingerprint density at radius 3 is 2.23 bits per heavy atom. The van der Waals surface area contributed by atoms with E-state index < -0.39 is 0 Å². The van der Waals surface area contributed by atoms with Crippen molar-refractivity contribution < 1.29 is 23.4 Å². The van der Waals surface area contributed by atoms with Gasteiger partial charge in [0, 0.05) is 41.2 Å². The van der Waals surface area contributed by atoms with E-state index in [1.807, 2.05) is 24.3 Å². The molecule has 0 aliphatic carbocycles. The predicted molar refractivity (Wildman–Crippen MR) is 113 cm³/mol. The number of ether oxygens (including phenoxy) is 4. The van der Waals surface area contributed by atoms with E-state index in [0.29, 0.717) is 40.4 Å². The van der Waals surface area contributed by atoms with E-state index in [4.69, 9.17) is 23.4 Å². The minimum Gasteiger partial charge on any atom is -0.493 e. The maximum absolute atomic E-state index is 6.02. The Kier molecular flexibility index (Phi) is 5.30. The zero-order valence-corrected chi connectivity index (χ0v) is 17.1. The summed E-state index contributed by atoms with van der Waals surface area (Å²) in [6.07, 6.45) is 1.74. The van der Waals surface area contributed by atoms with Crippen molar-refractivity contribution in [3.63, 3.8) is 0 Å². The van der Waals surface area contributed by atoms with Crippen molar-refractivity contribution in [2.24, 2.45) is 0 Å². The van der Waals surface area contributed by atoms with Crippen molar-refractivity contribution in [2.45, 2.75) is 0 Å². The number of fused-ring (bicyclic) bond motifs is 1. The molecule has 2 heterocycles. The first kappa shape index (κ1) is 19.4. The Balaban J connectivity index is 1.71. The summed E-state index contributed by atoms with van der Waals surface area (Å²) in [5, 5.41) is 3.16. The van der Waals surface area contributed by atoms with E-state index in [1.165, 1.54) is 0 Å². The maximum Gasteiger partial charge on any atom is 0.300 e. The van der Waals surface area contributed by atoms with Crippen LogP contribution in [0.4, 0.5) is 11.7 Å². The van der Waals surface area contributed by atoms with Crippen molar-refractivity contribution >= 4 is 22.8 Å². The number of hydrogen-bond donors (Lipinski definition) is 1. The topological polar surface area (TPSA) is 87.9 Å². The lowest BCUT2D eigenvalue weighted by Crippen LogP contribution is -1.97. The van der Waals surface area contributed by atoms with Gasteiger partial charge < -0.3 is 28.7 Å². The van der Waals surface area contributed by atoms with Gasteiger partial charge in [0.25, 0.3) is 6.01 Å². The number of oxazole rings is 1. The summed E-state index contributed by atoms with van der Waals surface area (Å²) in [7, 11) is 6.27. The minimum atomic E-state index is 0.341. The van der Waals surface area contributed by atoms with Crippen LogP contribution >= 0.6 is 0 Å². The molecule has 8 nitrogen and oxygen atoms in total. The van der Waals surface area contributed by atoms with Gasteiger partial charge in [-0.05, 0) is 12.1 Å². The van der Waals surface area contributed by atoms with E-state index in [-0.39, 0.29) is 0 Å². The third-order valence-electron chi connectivity index (χ3n) is 4.59. The molecule has 154 valence electrons. The van der Waals surface area contributed by atoms with Gasteiger partial charge in [-0.2, -0.15) is 4.98 Å². The lowest BCUT2D eigenvalue weighted by Gasteiger charge is -2.14. The molecule has 0 amide bonds. The van der Waals surface area contributed by atoms with E-state index in [0.717, 1.165) is 16.6 Å². The van der Waals surface area contributed by atoms with Gasteiger partial charge in [0.2, 0.25) is 11.6 Å². The van der Waals surface area contributed by atoms with Crippen LogP contribution in [0.15, 0.2) is 53.1 Å². The van der Waals surface area contributed by atoms with Crippen LogP contribution in [0, 0.1) is 0 Å². The van der Waals surface area contributed by atoms with Gasteiger partial charge in [0.05, 0.1) is 28.4 Å². The summed E-state index contributed by atoms with van der Waals surface area (Å²) in [6, 6.07) is 13.4. The fourth-order valence-corrected chi connectivity index (χ4v) is 3.17. The van der Waals surface area contributed by atoms with Crippen molar-refractivity contribution in [2.75, 3.05) is 33.8 Å². The number of para-hydroxylation sites is 1. The van der Waals surface area contributed by atoms with Crippen molar-refractivity contribution in [3.8, 4) is 34.3 Å². The first-order chi connectivity index (χ1) is 14.7. The Labute approximate surface area is 173 Å². The van der Waals surface area contributed by atoms with Crippen molar-refractivity contribution in [1.82, 2.24) is 9.97 Å². The second-order valence-corrected chi connectivity index (χ2v) is 6.30. The molecule has 2 aromatic heterocycles. The number of hydrogen-bond acceptors (Lipinski definition) is 8. The number of pyridine rings is 1. The molecule has 1 N–H and O–H groups in total. The SMILES string of the molecule is COc1ccc(-c2cccc3nc(Nc4cc(OC)c(OC)c(OC)c4)oc23)cn1. The Hall–Kier alpha value is -3.94. The van der Waals surface area contributed by atoms with Gasteiger partial charge in [0.15, 0.2) is 17.1 Å². The molecular weight excluding hydrogens is 386 g/mol. The first-order valence-corrected chi connectivity index (χ1v) is 9.13. The molecule has 0 spiro atoms. The third kappa shape index (κ3) is 3.55. The van der Waals surface area contributed by atoms with E-state index >= 15 is 0 Å². The third-order valence-corrected chi connectivity index (χ3v) is 4.59. The van der Waals surface area contributed by atoms with Crippen molar-refractivity contribution in [1.29, 1.82) is 0 Å². The van der Waals surface area contributed by atoms with Gasteiger partial charge in [-0.1, -0.05) is 12.1 Å². The van der Waals surface area contributed by atoms with E-state index in [9.17, 15) is 0 Å². The normalized spacial score (nSPS) is 10.7. The molecule has 0 saturated heterocycles. The van der Waals surface area contributed by atoms with Crippen LogP contribution in [0.2, 0.25) is 0 Å². The van der Waals surface area contributed by atoms with Crippen LogP contribution in [0.25, 0.3) is 22.2 Å². The minimum absolute atomic E-state index is 0.341. The largest absolute Gasteiger partial charge is 0.493 e. The maximum atomic E-state index is 6.02. The van der Waals surface area contributed by atoms with E-state index in [1.54, 1.807) is 52.8 Å². The molecule has 0 atom stereocenters. The monoisotopic (exact) mass is 407 g/mol. The molecule has 2 aromatic carbocycles. The van der Waals surface area contributed by atoms with Gasteiger partial charge in [-0.3, -0.25) is 0 Å². The molecule has 8 heteroatoms. The van der Waals surface area contributed by atoms with Gasteiger partial charge in [0.1, 0.15) is 5.52 Å². The average Bonchev–Trinajstić information content (AvgIpc) is 3.20. The van der Waals surface area contributed by atoms with Gasteiger partial charge in [-0.25, -0.2) is 4.98 Å². The van der Waals surface area contributed by atoms with Crippen molar-refractivity contribution in [3.05, 3.63) is 48.7 Å². The summed E-state index contributed by atoms with van der Waals surface area (Å²) in [6.45, 7) is 0. The van der Waals surface area contributed by atoms with Crippen LogP contribution in [0.5, 0.6) is 23.1 Å². The van der Waals surface area contributed by atoms with E-state index in [2.05, 4.69) is 15.3 Å². The smallest absolute Gasteiger partial charge is 0.300 e. The molecule has 30 heavy (non-hydrogen) atoms. The fraction of sp³-hybridized carbons (Fsp3) is 0.182. The Bertz CT molecular complexity index is 1150. The highest BCUT2D eigenvalue weighted by atomic mass is 16.5. The van der Waals surface area contributed by atoms with Crippen LogP contribution in [0.1, 0.15) is 0 Å². The molecule has 4 rings (SSSR count). The number of nitrogens with zero attached hydrogens (tertiary/aromatic N) is 2. The molecule has 4 aromatic rings. The quantitative estimate of drug-likeness (QED) is 0.473. The highest BCUT2D eigenvalue weighted by Crippen LogP contribution is 2.41. The molecule has 0 unspecified atom stereocenters. The summed E-state index contributed by atoms with van der Waals surface area (Å²) in [5.74, 6) is 2.12. The van der Waals surface area contributed by atoms with Crippen LogP contribution in [-0.2, 0) is 0 Å². The number of benzene rings is 2. The zero-order valence-electron chi connectivity index (χ0n) is 17.1. The Morgan fingerprint density at radius 1 is 0.867 bits per heavy atom. The molecule has 0 fully saturated rings. The predicted octanol–water partition coefficient (Wildman–Crippen LogP) is 4.67.